The predicted molar refractivity (Wildman–Crippen MR) is 79.3 cm³/mol. The lowest BCUT2D eigenvalue weighted by Gasteiger charge is -2.15. The van der Waals surface area contributed by atoms with Crippen LogP contribution in [0, 0.1) is 11.3 Å². The molecule has 21 heavy (non-hydrogen) atoms. The SMILES string of the molecule is C[C@H](Oc1ccc(Cl)cc1-c1cccc(C#N)c1)C(=O)O. The molecule has 0 radical (unpaired) electrons. The van der Waals surface area contributed by atoms with E-state index in [2.05, 4.69) is 6.07 Å². The fraction of sp³-hybridized carbons (Fsp3) is 0.125. The van der Waals surface area contributed by atoms with Gasteiger partial charge < -0.3 is 9.84 Å². The van der Waals surface area contributed by atoms with Gasteiger partial charge in [-0.15, -0.1) is 0 Å². The third-order valence-corrected chi connectivity index (χ3v) is 3.13. The van der Waals surface area contributed by atoms with E-state index in [0.717, 1.165) is 5.56 Å². The molecule has 1 atom stereocenters. The first-order valence-electron chi connectivity index (χ1n) is 6.21. The predicted octanol–water partition coefficient (Wildman–Crippen LogP) is 3.73. The Balaban J connectivity index is 2.48. The highest BCUT2D eigenvalue weighted by Gasteiger charge is 2.16. The highest BCUT2D eigenvalue weighted by molar-refractivity contribution is 6.31. The number of carboxylic acids is 1. The Bertz CT molecular complexity index is 722. The quantitative estimate of drug-likeness (QED) is 0.934. The Morgan fingerprint density at radius 2 is 2.10 bits per heavy atom. The molecular weight excluding hydrogens is 290 g/mol. The summed E-state index contributed by atoms with van der Waals surface area (Å²) >= 11 is 6.00. The van der Waals surface area contributed by atoms with E-state index in [-0.39, 0.29) is 0 Å². The minimum atomic E-state index is -1.05. The van der Waals surface area contributed by atoms with Crippen LogP contribution in [0.2, 0.25) is 5.02 Å². The van der Waals surface area contributed by atoms with Gasteiger partial charge in [-0.3, -0.25) is 0 Å². The Morgan fingerprint density at radius 3 is 2.76 bits per heavy atom. The molecule has 0 saturated heterocycles. The van der Waals surface area contributed by atoms with Crippen LogP contribution in [0.3, 0.4) is 0 Å². The highest BCUT2D eigenvalue weighted by atomic mass is 35.5. The minimum absolute atomic E-state index is 0.407. The third-order valence-electron chi connectivity index (χ3n) is 2.90. The topological polar surface area (TPSA) is 70.3 Å². The number of nitriles is 1. The van der Waals surface area contributed by atoms with Gasteiger partial charge in [0.05, 0.1) is 11.6 Å². The second-order valence-electron chi connectivity index (χ2n) is 4.43. The van der Waals surface area contributed by atoms with E-state index in [0.29, 0.717) is 21.9 Å². The van der Waals surface area contributed by atoms with Crippen molar-refractivity contribution >= 4 is 17.6 Å². The highest BCUT2D eigenvalue weighted by Crippen LogP contribution is 2.33. The summed E-state index contributed by atoms with van der Waals surface area (Å²) in [6.07, 6.45) is -0.982. The van der Waals surface area contributed by atoms with Crippen LogP contribution in [0.4, 0.5) is 0 Å². The van der Waals surface area contributed by atoms with Crippen LogP contribution >= 0.6 is 11.6 Å². The van der Waals surface area contributed by atoms with Crippen LogP contribution < -0.4 is 4.74 Å². The van der Waals surface area contributed by atoms with Gasteiger partial charge in [0.25, 0.3) is 0 Å². The van der Waals surface area contributed by atoms with E-state index >= 15 is 0 Å². The molecule has 0 aliphatic carbocycles. The maximum Gasteiger partial charge on any atom is 0.344 e. The smallest absolute Gasteiger partial charge is 0.344 e. The van der Waals surface area contributed by atoms with Crippen molar-refractivity contribution in [1.29, 1.82) is 5.26 Å². The third kappa shape index (κ3) is 3.53. The fourth-order valence-corrected chi connectivity index (χ4v) is 2.00. The van der Waals surface area contributed by atoms with Crippen molar-refractivity contribution in [2.75, 3.05) is 0 Å². The van der Waals surface area contributed by atoms with Gasteiger partial charge in [0, 0.05) is 10.6 Å². The van der Waals surface area contributed by atoms with Gasteiger partial charge in [-0.1, -0.05) is 23.7 Å². The summed E-state index contributed by atoms with van der Waals surface area (Å²) in [6.45, 7) is 1.45. The number of carboxylic acid groups (broad SMARTS) is 1. The van der Waals surface area contributed by atoms with Gasteiger partial charge in [-0.05, 0) is 42.8 Å². The zero-order valence-electron chi connectivity index (χ0n) is 11.2. The first-order chi connectivity index (χ1) is 10.0. The van der Waals surface area contributed by atoms with Crippen LogP contribution in [-0.2, 0) is 4.79 Å². The number of nitrogens with zero attached hydrogens (tertiary/aromatic N) is 1. The van der Waals surface area contributed by atoms with Gasteiger partial charge in [0.1, 0.15) is 5.75 Å². The number of hydrogen-bond donors (Lipinski definition) is 1. The van der Waals surface area contributed by atoms with E-state index in [9.17, 15) is 4.79 Å². The molecule has 2 rings (SSSR count). The maximum atomic E-state index is 10.9. The lowest BCUT2D eigenvalue weighted by Crippen LogP contribution is -2.23. The van der Waals surface area contributed by atoms with Gasteiger partial charge in [-0.25, -0.2) is 4.79 Å². The standard InChI is InChI=1S/C16H12ClNO3/c1-10(16(19)20)21-15-6-5-13(17)8-14(15)12-4-2-3-11(7-12)9-18/h2-8,10H,1H3,(H,19,20)/t10-/m0/s1. The first kappa shape index (κ1) is 14.9. The summed E-state index contributed by atoms with van der Waals surface area (Å²) in [6, 6.07) is 13.9. The molecule has 5 heteroatoms. The largest absolute Gasteiger partial charge is 0.479 e. The normalized spacial score (nSPS) is 11.5. The minimum Gasteiger partial charge on any atom is -0.479 e. The molecule has 0 aromatic heterocycles. The molecule has 0 spiro atoms. The van der Waals surface area contributed by atoms with E-state index in [1.165, 1.54) is 6.92 Å². The molecule has 2 aromatic rings. The molecule has 1 N–H and O–H groups in total. The van der Waals surface area contributed by atoms with E-state index < -0.39 is 12.1 Å². The van der Waals surface area contributed by atoms with Gasteiger partial charge in [0.15, 0.2) is 6.10 Å². The van der Waals surface area contributed by atoms with Crippen molar-refractivity contribution in [1.82, 2.24) is 0 Å². The Kier molecular flexibility index (Phi) is 4.46. The van der Waals surface area contributed by atoms with E-state index in [1.807, 2.05) is 6.07 Å². The average Bonchev–Trinajstić information content (AvgIpc) is 2.49. The number of hydrogen-bond acceptors (Lipinski definition) is 3. The number of carbonyl (C=O) groups is 1. The summed E-state index contributed by atoms with van der Waals surface area (Å²) in [7, 11) is 0. The van der Waals surface area contributed by atoms with Crippen LogP contribution in [0.25, 0.3) is 11.1 Å². The zero-order valence-corrected chi connectivity index (χ0v) is 12.0. The summed E-state index contributed by atoms with van der Waals surface area (Å²) < 4.78 is 5.45. The number of ether oxygens (including phenoxy) is 1. The summed E-state index contributed by atoms with van der Waals surface area (Å²) in [5, 5.41) is 18.4. The van der Waals surface area contributed by atoms with Crippen LogP contribution in [0.5, 0.6) is 5.75 Å². The molecule has 0 fully saturated rings. The van der Waals surface area contributed by atoms with Crippen molar-refractivity contribution in [2.45, 2.75) is 13.0 Å². The Morgan fingerprint density at radius 1 is 1.33 bits per heavy atom. The molecule has 0 unspecified atom stereocenters. The summed E-state index contributed by atoms with van der Waals surface area (Å²) in [5.41, 5.74) is 1.89. The lowest BCUT2D eigenvalue weighted by atomic mass is 10.0. The first-order valence-corrected chi connectivity index (χ1v) is 6.58. The monoisotopic (exact) mass is 301 g/mol. The summed E-state index contributed by atoms with van der Waals surface area (Å²) in [4.78, 5) is 10.9. The van der Waals surface area contributed by atoms with Crippen molar-refractivity contribution < 1.29 is 14.6 Å². The number of benzene rings is 2. The second kappa shape index (κ2) is 6.29. The molecule has 0 bridgehead atoms. The van der Waals surface area contributed by atoms with Gasteiger partial charge in [-0.2, -0.15) is 5.26 Å². The Labute approximate surface area is 127 Å². The molecule has 0 amide bonds. The van der Waals surface area contributed by atoms with Crippen LogP contribution in [0.1, 0.15) is 12.5 Å². The molecule has 0 heterocycles. The van der Waals surface area contributed by atoms with Crippen LogP contribution in [0.15, 0.2) is 42.5 Å². The van der Waals surface area contributed by atoms with Crippen molar-refractivity contribution in [3.05, 3.63) is 53.1 Å². The maximum absolute atomic E-state index is 10.9. The molecule has 106 valence electrons. The van der Waals surface area contributed by atoms with Crippen molar-refractivity contribution in [3.63, 3.8) is 0 Å². The number of aliphatic carboxylic acids is 1. The van der Waals surface area contributed by atoms with Crippen molar-refractivity contribution in [3.8, 4) is 22.9 Å². The molecule has 0 aliphatic rings. The van der Waals surface area contributed by atoms with E-state index in [1.54, 1.807) is 36.4 Å². The lowest BCUT2D eigenvalue weighted by molar-refractivity contribution is -0.144. The summed E-state index contributed by atoms with van der Waals surface area (Å²) in [5.74, 6) is -0.647. The zero-order chi connectivity index (χ0) is 15.4. The number of halogens is 1. The number of rotatable bonds is 4. The fourth-order valence-electron chi connectivity index (χ4n) is 1.83. The molecular formula is C16H12ClNO3. The molecule has 0 saturated carbocycles. The van der Waals surface area contributed by atoms with Crippen LogP contribution in [-0.4, -0.2) is 17.2 Å². The second-order valence-corrected chi connectivity index (χ2v) is 4.87. The van der Waals surface area contributed by atoms with Crippen molar-refractivity contribution in [2.24, 2.45) is 0 Å². The molecule has 0 aliphatic heterocycles. The van der Waals surface area contributed by atoms with Gasteiger partial charge in [0.2, 0.25) is 0 Å². The molecule has 2 aromatic carbocycles. The van der Waals surface area contributed by atoms with E-state index in [4.69, 9.17) is 26.7 Å². The molecule has 4 nitrogen and oxygen atoms in total. The average molecular weight is 302 g/mol. The van der Waals surface area contributed by atoms with Gasteiger partial charge >= 0.3 is 5.97 Å². The Hall–Kier alpha value is -2.51.